The summed E-state index contributed by atoms with van der Waals surface area (Å²) in [6.45, 7) is 2.37. The van der Waals surface area contributed by atoms with Gasteiger partial charge in [-0.15, -0.1) is 11.8 Å². The minimum absolute atomic E-state index is 0.256. The topological polar surface area (TPSA) is 18.5 Å². The van der Waals surface area contributed by atoms with Gasteiger partial charge in [-0.3, -0.25) is 0 Å². The molecule has 1 fully saturated rings. The normalized spacial score (nSPS) is 23.8. The van der Waals surface area contributed by atoms with E-state index in [2.05, 4.69) is 31.2 Å². The first-order valence-corrected chi connectivity index (χ1v) is 7.93. The van der Waals surface area contributed by atoms with Crippen LogP contribution in [-0.4, -0.2) is 19.5 Å². The van der Waals surface area contributed by atoms with Gasteiger partial charge >= 0.3 is 0 Å². The third-order valence-corrected chi connectivity index (χ3v) is 5.08. The zero-order chi connectivity index (χ0) is 13.7. The standard InChI is InChI=1S/C16H24O2S/c1-12-5-4-6-15(11-12)19-14-9-7-13(8-10-14)16(17-2)18-3/h7-10,12,15-16H,4-6,11H2,1-3H3. The summed E-state index contributed by atoms with van der Waals surface area (Å²) in [5.74, 6) is 0.886. The van der Waals surface area contributed by atoms with Crippen LogP contribution in [0.5, 0.6) is 0 Å². The van der Waals surface area contributed by atoms with Crippen molar-refractivity contribution in [3.05, 3.63) is 29.8 Å². The van der Waals surface area contributed by atoms with Gasteiger partial charge in [0.25, 0.3) is 0 Å². The van der Waals surface area contributed by atoms with E-state index in [-0.39, 0.29) is 6.29 Å². The van der Waals surface area contributed by atoms with Gasteiger partial charge in [0.1, 0.15) is 0 Å². The van der Waals surface area contributed by atoms with Crippen LogP contribution in [0.1, 0.15) is 44.5 Å². The van der Waals surface area contributed by atoms with E-state index in [4.69, 9.17) is 9.47 Å². The third kappa shape index (κ3) is 4.23. The second kappa shape index (κ2) is 7.32. The van der Waals surface area contributed by atoms with Crippen molar-refractivity contribution in [1.29, 1.82) is 0 Å². The van der Waals surface area contributed by atoms with Gasteiger partial charge in [0.05, 0.1) is 0 Å². The molecule has 0 N–H and O–H groups in total. The summed E-state index contributed by atoms with van der Waals surface area (Å²) < 4.78 is 10.5. The molecule has 1 aliphatic rings. The first-order valence-electron chi connectivity index (χ1n) is 7.05. The summed E-state index contributed by atoms with van der Waals surface area (Å²) in [6, 6.07) is 8.58. The quantitative estimate of drug-likeness (QED) is 0.731. The number of ether oxygens (including phenoxy) is 2. The SMILES string of the molecule is COC(OC)c1ccc(SC2CCCC(C)C2)cc1. The van der Waals surface area contributed by atoms with Crippen molar-refractivity contribution in [2.45, 2.75) is 49.0 Å². The Hall–Kier alpha value is -0.510. The molecule has 0 spiro atoms. The predicted molar refractivity (Wildman–Crippen MR) is 80.5 cm³/mol. The Morgan fingerprint density at radius 2 is 1.79 bits per heavy atom. The molecule has 0 aliphatic heterocycles. The molecule has 3 heteroatoms. The van der Waals surface area contributed by atoms with Gasteiger partial charge in [-0.05, 0) is 30.9 Å². The molecule has 0 saturated heterocycles. The van der Waals surface area contributed by atoms with Crippen LogP contribution in [0.2, 0.25) is 0 Å². The molecule has 0 aromatic heterocycles. The molecule has 1 aromatic rings. The lowest BCUT2D eigenvalue weighted by Crippen LogP contribution is -2.14. The molecule has 1 aliphatic carbocycles. The fraction of sp³-hybridized carbons (Fsp3) is 0.625. The largest absolute Gasteiger partial charge is 0.352 e. The molecule has 1 saturated carbocycles. The van der Waals surface area contributed by atoms with E-state index < -0.39 is 0 Å². The van der Waals surface area contributed by atoms with E-state index in [1.807, 2.05) is 11.8 Å². The number of benzene rings is 1. The van der Waals surface area contributed by atoms with Crippen LogP contribution in [0, 0.1) is 5.92 Å². The third-order valence-electron chi connectivity index (χ3n) is 3.77. The first kappa shape index (κ1) is 14.9. The van der Waals surface area contributed by atoms with E-state index in [0.717, 1.165) is 16.7 Å². The van der Waals surface area contributed by atoms with Crippen molar-refractivity contribution >= 4 is 11.8 Å². The average molecular weight is 280 g/mol. The van der Waals surface area contributed by atoms with Crippen LogP contribution in [0.4, 0.5) is 0 Å². The number of methoxy groups -OCH3 is 2. The minimum Gasteiger partial charge on any atom is -0.352 e. The van der Waals surface area contributed by atoms with Gasteiger partial charge in [-0.1, -0.05) is 31.9 Å². The highest BCUT2D eigenvalue weighted by atomic mass is 32.2. The molecule has 2 unspecified atom stereocenters. The van der Waals surface area contributed by atoms with E-state index in [1.165, 1.54) is 30.6 Å². The second-order valence-corrected chi connectivity index (χ2v) is 6.76. The molecule has 106 valence electrons. The molecule has 0 radical (unpaired) electrons. The van der Waals surface area contributed by atoms with E-state index in [0.29, 0.717) is 0 Å². The summed E-state index contributed by atoms with van der Waals surface area (Å²) >= 11 is 2.02. The highest BCUT2D eigenvalue weighted by Gasteiger charge is 2.19. The zero-order valence-electron chi connectivity index (χ0n) is 12.1. The average Bonchev–Trinajstić information content (AvgIpc) is 2.42. The Kier molecular flexibility index (Phi) is 5.74. The van der Waals surface area contributed by atoms with Gasteiger partial charge in [0, 0.05) is 29.9 Å². The van der Waals surface area contributed by atoms with Gasteiger partial charge in [0.15, 0.2) is 6.29 Å². The molecular formula is C16H24O2S. The van der Waals surface area contributed by atoms with Gasteiger partial charge in [-0.2, -0.15) is 0 Å². The highest BCUT2D eigenvalue weighted by Crippen LogP contribution is 2.36. The summed E-state index contributed by atoms with van der Waals surface area (Å²) in [4.78, 5) is 1.36. The Labute approximate surface area is 120 Å². The molecule has 2 nitrogen and oxygen atoms in total. The van der Waals surface area contributed by atoms with Crippen molar-refractivity contribution in [3.8, 4) is 0 Å². The monoisotopic (exact) mass is 280 g/mol. The van der Waals surface area contributed by atoms with Crippen molar-refractivity contribution in [3.63, 3.8) is 0 Å². The minimum atomic E-state index is -0.256. The van der Waals surface area contributed by atoms with E-state index in [9.17, 15) is 0 Å². The van der Waals surface area contributed by atoms with Gasteiger partial charge in [-0.25, -0.2) is 0 Å². The van der Waals surface area contributed by atoms with Crippen molar-refractivity contribution in [1.82, 2.24) is 0 Å². The van der Waals surface area contributed by atoms with E-state index in [1.54, 1.807) is 14.2 Å². The fourth-order valence-corrected chi connectivity index (χ4v) is 4.14. The number of rotatable bonds is 5. The summed E-state index contributed by atoms with van der Waals surface area (Å²) in [7, 11) is 3.33. The van der Waals surface area contributed by atoms with Crippen LogP contribution >= 0.6 is 11.8 Å². The molecule has 0 amide bonds. The predicted octanol–water partition coefficient (Wildman–Crippen LogP) is 4.65. The summed E-state index contributed by atoms with van der Waals surface area (Å²) in [6.07, 6.45) is 5.24. The van der Waals surface area contributed by atoms with Crippen LogP contribution in [-0.2, 0) is 9.47 Å². The van der Waals surface area contributed by atoms with Crippen molar-refractivity contribution in [2.75, 3.05) is 14.2 Å². The van der Waals surface area contributed by atoms with Gasteiger partial charge < -0.3 is 9.47 Å². The summed E-state index contributed by atoms with van der Waals surface area (Å²) in [5, 5.41) is 0.787. The maximum absolute atomic E-state index is 5.26. The molecular weight excluding hydrogens is 256 g/mol. The number of hydrogen-bond acceptors (Lipinski definition) is 3. The fourth-order valence-electron chi connectivity index (χ4n) is 2.75. The highest BCUT2D eigenvalue weighted by molar-refractivity contribution is 8.00. The van der Waals surface area contributed by atoms with Crippen molar-refractivity contribution in [2.24, 2.45) is 5.92 Å². The molecule has 0 bridgehead atoms. The Morgan fingerprint density at radius 3 is 2.37 bits per heavy atom. The lowest BCUT2D eigenvalue weighted by molar-refractivity contribution is -0.106. The van der Waals surface area contributed by atoms with Crippen LogP contribution < -0.4 is 0 Å². The molecule has 0 heterocycles. The van der Waals surface area contributed by atoms with Crippen LogP contribution in [0.25, 0.3) is 0 Å². The maximum Gasteiger partial charge on any atom is 0.183 e. The lowest BCUT2D eigenvalue weighted by Gasteiger charge is -2.26. The second-order valence-electron chi connectivity index (χ2n) is 5.38. The lowest BCUT2D eigenvalue weighted by atomic mass is 9.91. The maximum atomic E-state index is 5.26. The summed E-state index contributed by atoms with van der Waals surface area (Å²) in [5.41, 5.74) is 1.08. The zero-order valence-corrected chi connectivity index (χ0v) is 12.9. The number of thioether (sulfide) groups is 1. The Bertz CT molecular complexity index is 373. The van der Waals surface area contributed by atoms with E-state index >= 15 is 0 Å². The molecule has 2 rings (SSSR count). The Balaban J connectivity index is 1.94. The molecule has 1 aromatic carbocycles. The molecule has 2 atom stereocenters. The molecule has 19 heavy (non-hydrogen) atoms. The van der Waals surface area contributed by atoms with Crippen molar-refractivity contribution < 1.29 is 9.47 Å². The van der Waals surface area contributed by atoms with Gasteiger partial charge in [0.2, 0.25) is 0 Å². The smallest absolute Gasteiger partial charge is 0.183 e. The van der Waals surface area contributed by atoms with Crippen LogP contribution in [0.3, 0.4) is 0 Å². The Morgan fingerprint density at radius 1 is 1.11 bits per heavy atom. The number of hydrogen-bond donors (Lipinski definition) is 0. The van der Waals surface area contributed by atoms with Crippen LogP contribution in [0.15, 0.2) is 29.2 Å². The first-order chi connectivity index (χ1) is 9.22.